The van der Waals surface area contributed by atoms with Gasteiger partial charge in [0, 0.05) is 65.4 Å². The number of nitrogens with zero attached hydrogens (tertiary/aromatic N) is 7. The molecule has 2 amide bonds. The number of anilines is 1. The van der Waals surface area contributed by atoms with Gasteiger partial charge >= 0.3 is 0 Å². The van der Waals surface area contributed by atoms with Gasteiger partial charge in [-0.15, -0.1) is 10.2 Å². The number of carbonyl (C=O) groups excluding carboxylic acids is 2. The fourth-order valence-electron chi connectivity index (χ4n) is 8.02. The summed E-state index contributed by atoms with van der Waals surface area (Å²) in [5.41, 5.74) is 12.0. The van der Waals surface area contributed by atoms with Crippen LogP contribution < -0.4 is 11.1 Å². The van der Waals surface area contributed by atoms with Crippen molar-refractivity contribution in [3.05, 3.63) is 84.8 Å². The second-order valence-electron chi connectivity index (χ2n) is 13.9. The number of carbonyl (C=O) groups is 2. The standard InChI is InChI=1S/C39H41N9O3/c1-46(19-17-25-6-4-9-32-36(25)29-8-5-18-41-38(29)48(32)33-15-16-35(50)43-39(33)51)27-13-11-24(12-14-27)22-47-23-26(21-42-47)30-20-31(44-45-37(30)40)28-7-2-3-10-34(28)49/h2-10,18,20-21,23-24,27,33,49H,11-17,19,22H2,1H3,(H2,40,45)(H,43,50,51). The average Bonchev–Trinajstić information content (AvgIpc) is 3.74. The Morgan fingerprint density at radius 2 is 1.82 bits per heavy atom. The summed E-state index contributed by atoms with van der Waals surface area (Å²) in [7, 11) is 2.23. The van der Waals surface area contributed by atoms with Crippen molar-refractivity contribution in [1.29, 1.82) is 0 Å². The molecule has 1 atom stereocenters. The molecule has 0 radical (unpaired) electrons. The van der Waals surface area contributed by atoms with Crippen LogP contribution >= 0.6 is 0 Å². The van der Waals surface area contributed by atoms with Gasteiger partial charge in [0.1, 0.15) is 17.4 Å². The van der Waals surface area contributed by atoms with Crippen LogP contribution in [0.15, 0.2) is 79.3 Å². The first-order valence-electron chi connectivity index (χ1n) is 17.7. The summed E-state index contributed by atoms with van der Waals surface area (Å²) >= 11 is 0. The van der Waals surface area contributed by atoms with Crippen molar-refractivity contribution in [2.45, 2.75) is 63.6 Å². The Morgan fingerprint density at radius 1 is 0.980 bits per heavy atom. The van der Waals surface area contributed by atoms with Crippen molar-refractivity contribution < 1.29 is 14.7 Å². The highest BCUT2D eigenvalue weighted by Gasteiger charge is 2.31. The fraction of sp³-hybridized carbons (Fsp3) is 0.333. The normalized spacial score (nSPS) is 19.6. The molecule has 2 aliphatic rings. The zero-order valence-electron chi connectivity index (χ0n) is 28.6. The van der Waals surface area contributed by atoms with E-state index in [1.54, 1.807) is 24.4 Å². The molecule has 4 aromatic heterocycles. The number of para-hydroxylation sites is 1. The molecule has 0 spiro atoms. The summed E-state index contributed by atoms with van der Waals surface area (Å²) in [5, 5.41) is 28.0. The number of benzene rings is 2. The zero-order valence-corrected chi connectivity index (χ0v) is 28.6. The molecule has 1 saturated heterocycles. The molecule has 1 aliphatic carbocycles. The van der Waals surface area contributed by atoms with Crippen molar-refractivity contribution in [3.63, 3.8) is 0 Å². The van der Waals surface area contributed by atoms with Crippen LogP contribution in [0.2, 0.25) is 0 Å². The summed E-state index contributed by atoms with van der Waals surface area (Å²) in [6.45, 7) is 1.76. The van der Waals surface area contributed by atoms with E-state index in [4.69, 9.17) is 10.7 Å². The number of aromatic nitrogens is 6. The second kappa shape index (κ2) is 13.6. The Morgan fingerprint density at radius 3 is 2.65 bits per heavy atom. The summed E-state index contributed by atoms with van der Waals surface area (Å²) in [5.74, 6) is 0.518. The molecule has 51 heavy (non-hydrogen) atoms. The average molecular weight is 684 g/mol. The number of phenolic OH excluding ortho intramolecular Hbond substituents is 1. The summed E-state index contributed by atoms with van der Waals surface area (Å²) in [6.07, 6.45) is 11.8. The highest BCUT2D eigenvalue weighted by atomic mass is 16.3. The Kier molecular flexibility index (Phi) is 8.68. The van der Waals surface area contributed by atoms with Gasteiger partial charge in [-0.25, -0.2) is 4.98 Å². The van der Waals surface area contributed by atoms with E-state index in [9.17, 15) is 14.7 Å². The number of aromatic hydroxyl groups is 1. The van der Waals surface area contributed by atoms with Gasteiger partial charge < -0.3 is 20.3 Å². The lowest BCUT2D eigenvalue weighted by Gasteiger charge is -2.34. The number of piperidine rings is 1. The highest BCUT2D eigenvalue weighted by Crippen LogP contribution is 2.36. The number of likely N-dealkylation sites (N-methyl/N-ethyl adjacent to an activating group) is 1. The topological polar surface area (TPSA) is 157 Å². The van der Waals surface area contributed by atoms with Crippen LogP contribution in [-0.4, -0.2) is 71.0 Å². The number of hydrogen-bond donors (Lipinski definition) is 3. The van der Waals surface area contributed by atoms with E-state index in [1.165, 1.54) is 5.56 Å². The molecule has 4 N–H and O–H groups in total. The fourth-order valence-corrected chi connectivity index (χ4v) is 8.02. The third kappa shape index (κ3) is 6.31. The van der Waals surface area contributed by atoms with Gasteiger partial charge in [0.15, 0.2) is 5.82 Å². The van der Waals surface area contributed by atoms with Crippen molar-refractivity contribution in [2.75, 3.05) is 19.3 Å². The van der Waals surface area contributed by atoms with Crippen LogP contribution in [0.4, 0.5) is 5.82 Å². The van der Waals surface area contributed by atoms with Crippen LogP contribution in [0.5, 0.6) is 5.75 Å². The number of hydrogen-bond acceptors (Lipinski definition) is 9. The zero-order chi connectivity index (χ0) is 35.1. The van der Waals surface area contributed by atoms with Gasteiger partial charge in [-0.3, -0.25) is 19.6 Å². The molecule has 2 fully saturated rings. The molecule has 0 bridgehead atoms. The lowest BCUT2D eigenvalue weighted by Crippen LogP contribution is -2.41. The van der Waals surface area contributed by atoms with Gasteiger partial charge in [-0.05, 0) is 93.5 Å². The van der Waals surface area contributed by atoms with E-state index in [1.807, 2.05) is 39.8 Å². The highest BCUT2D eigenvalue weighted by molar-refractivity contribution is 6.10. The molecule has 260 valence electrons. The van der Waals surface area contributed by atoms with Crippen molar-refractivity contribution in [1.82, 2.24) is 39.7 Å². The van der Waals surface area contributed by atoms with E-state index in [0.29, 0.717) is 41.9 Å². The number of imide groups is 1. The van der Waals surface area contributed by atoms with E-state index >= 15 is 0 Å². The maximum absolute atomic E-state index is 12.9. The third-order valence-electron chi connectivity index (χ3n) is 10.8. The third-order valence-corrected chi connectivity index (χ3v) is 10.8. The van der Waals surface area contributed by atoms with E-state index in [-0.39, 0.29) is 17.6 Å². The molecule has 6 aromatic rings. The van der Waals surface area contributed by atoms with Crippen LogP contribution in [0.25, 0.3) is 44.3 Å². The number of nitrogens with one attached hydrogen (secondary N) is 1. The SMILES string of the molecule is CN(CCc1cccc2c1c1cccnc1n2C1CCC(=O)NC1=O)C1CCC(Cn2cc(-c3cc(-c4ccccc4O)nnc3N)cn2)CC1. The summed E-state index contributed by atoms with van der Waals surface area (Å²) < 4.78 is 4.03. The summed E-state index contributed by atoms with van der Waals surface area (Å²) in [4.78, 5) is 32.0. The lowest BCUT2D eigenvalue weighted by atomic mass is 9.85. The number of pyridine rings is 1. The molecule has 12 nitrogen and oxygen atoms in total. The first-order chi connectivity index (χ1) is 24.8. The van der Waals surface area contributed by atoms with Crippen LogP contribution in [0.1, 0.15) is 50.1 Å². The maximum Gasteiger partial charge on any atom is 0.249 e. The maximum atomic E-state index is 12.9. The first-order valence-corrected chi connectivity index (χ1v) is 17.7. The van der Waals surface area contributed by atoms with Gasteiger partial charge in [0.05, 0.1) is 17.4 Å². The Labute approximate surface area is 295 Å². The van der Waals surface area contributed by atoms with E-state index in [0.717, 1.165) is 78.3 Å². The largest absolute Gasteiger partial charge is 0.507 e. The monoisotopic (exact) mass is 683 g/mol. The molecule has 12 heteroatoms. The number of rotatable bonds is 9. The molecule has 8 rings (SSSR count). The molecule has 1 aliphatic heterocycles. The number of amides is 2. The number of nitrogens with two attached hydrogens (primary N) is 1. The molecule has 1 unspecified atom stereocenters. The Hall–Kier alpha value is -5.62. The summed E-state index contributed by atoms with van der Waals surface area (Å²) in [6, 6.07) is 19.3. The minimum absolute atomic E-state index is 0.143. The molecule has 2 aromatic carbocycles. The second-order valence-corrected chi connectivity index (χ2v) is 13.9. The molecule has 1 saturated carbocycles. The van der Waals surface area contributed by atoms with Gasteiger partial charge in [0.25, 0.3) is 0 Å². The van der Waals surface area contributed by atoms with Crippen LogP contribution in [0, 0.1) is 5.92 Å². The quantitative estimate of drug-likeness (QED) is 0.167. The van der Waals surface area contributed by atoms with Crippen LogP contribution in [-0.2, 0) is 22.6 Å². The van der Waals surface area contributed by atoms with Gasteiger partial charge in [-0.1, -0.05) is 24.3 Å². The number of nitrogen functional groups attached to an aromatic ring is 1. The molecular weight excluding hydrogens is 642 g/mol. The predicted molar refractivity (Wildman–Crippen MR) is 196 cm³/mol. The van der Waals surface area contributed by atoms with Crippen molar-refractivity contribution in [2.24, 2.45) is 5.92 Å². The van der Waals surface area contributed by atoms with E-state index in [2.05, 4.69) is 56.8 Å². The Bertz CT molecular complexity index is 2250. The number of fused-ring (bicyclic) bond motifs is 3. The predicted octanol–water partition coefficient (Wildman–Crippen LogP) is 5.51. The molecule has 5 heterocycles. The number of phenols is 1. The minimum Gasteiger partial charge on any atom is -0.507 e. The van der Waals surface area contributed by atoms with Gasteiger partial charge in [-0.2, -0.15) is 5.10 Å². The van der Waals surface area contributed by atoms with Gasteiger partial charge in [0.2, 0.25) is 11.8 Å². The first kappa shape index (κ1) is 32.6. The van der Waals surface area contributed by atoms with Crippen molar-refractivity contribution in [3.8, 4) is 28.1 Å². The lowest BCUT2D eigenvalue weighted by molar-refractivity contribution is -0.135. The smallest absolute Gasteiger partial charge is 0.249 e. The van der Waals surface area contributed by atoms with Crippen LogP contribution in [0.3, 0.4) is 0 Å². The Balaban J connectivity index is 0.909. The van der Waals surface area contributed by atoms with Crippen molar-refractivity contribution >= 4 is 39.6 Å². The molecular formula is C39H41N9O3. The van der Waals surface area contributed by atoms with E-state index < -0.39 is 6.04 Å². The minimum atomic E-state index is -0.465.